The number of hydrogen-bond donors (Lipinski definition) is 13. The van der Waals surface area contributed by atoms with Crippen LogP contribution in [0.25, 0.3) is 0 Å². The maximum Gasteiger partial charge on any atom is 0.326 e. The molecule has 0 aliphatic carbocycles. The van der Waals surface area contributed by atoms with Gasteiger partial charge < -0.3 is 71.5 Å². The molecule has 1 heterocycles. The van der Waals surface area contributed by atoms with Crippen molar-refractivity contribution < 1.29 is 29.1 Å². The molecule has 0 unspecified atom stereocenters. The highest BCUT2D eigenvalue weighted by atomic mass is 16.4. The predicted octanol–water partition coefficient (Wildman–Crippen LogP) is -4.33. The fourth-order valence-electron chi connectivity index (χ4n) is 4.86. The number of carboxylic acid groups (broad SMARTS) is 1. The maximum atomic E-state index is 13.8. The minimum absolute atomic E-state index is 0.0248. The SMILES string of the molecule is NCCCC[C@H](NC(=O)[C@H](Cc1cnc[nH]1)NC(=O)[C@H](CCCCN)NC(=O)[C@@H](N)CCCN=C(N)N)C(=O)N[C@@H](CCCN=C(N)N)C(=O)O. The molecular formula is C30H57N15O6. The molecule has 1 rings (SSSR count). The van der Waals surface area contributed by atoms with E-state index in [1.807, 2.05) is 0 Å². The lowest BCUT2D eigenvalue weighted by atomic mass is 10.0. The quantitative estimate of drug-likeness (QED) is 0.0232. The highest BCUT2D eigenvalue weighted by Gasteiger charge is 2.32. The molecule has 0 aromatic carbocycles. The molecule has 5 atom stereocenters. The van der Waals surface area contributed by atoms with Crippen LogP contribution >= 0.6 is 0 Å². The predicted molar refractivity (Wildman–Crippen MR) is 191 cm³/mol. The van der Waals surface area contributed by atoms with Crippen LogP contribution in [0.4, 0.5) is 0 Å². The van der Waals surface area contributed by atoms with E-state index in [-0.39, 0.29) is 63.5 Å². The van der Waals surface area contributed by atoms with E-state index in [0.29, 0.717) is 50.9 Å². The first kappa shape index (κ1) is 44.0. The Hall–Kier alpha value is -5.02. The topological polar surface area (TPSA) is 389 Å². The van der Waals surface area contributed by atoms with E-state index in [2.05, 4.69) is 41.2 Å². The minimum Gasteiger partial charge on any atom is -0.480 e. The average Bonchev–Trinajstić information content (AvgIpc) is 3.59. The van der Waals surface area contributed by atoms with E-state index in [1.165, 1.54) is 12.5 Å². The van der Waals surface area contributed by atoms with Crippen molar-refractivity contribution in [2.75, 3.05) is 26.2 Å². The number of aliphatic imine (C=N–C) groups is 2. The number of rotatable bonds is 27. The van der Waals surface area contributed by atoms with Crippen LogP contribution in [0.2, 0.25) is 0 Å². The van der Waals surface area contributed by atoms with Crippen molar-refractivity contribution in [1.82, 2.24) is 31.2 Å². The summed E-state index contributed by atoms with van der Waals surface area (Å²) in [6, 6.07) is -5.70. The van der Waals surface area contributed by atoms with Crippen molar-refractivity contribution in [1.29, 1.82) is 0 Å². The molecule has 21 nitrogen and oxygen atoms in total. The summed E-state index contributed by atoms with van der Waals surface area (Å²) >= 11 is 0. The van der Waals surface area contributed by atoms with E-state index >= 15 is 0 Å². The summed E-state index contributed by atoms with van der Waals surface area (Å²) in [5.41, 5.74) is 39.1. The van der Waals surface area contributed by atoms with Crippen LogP contribution in [-0.2, 0) is 30.4 Å². The molecule has 0 radical (unpaired) electrons. The van der Waals surface area contributed by atoms with Crippen molar-refractivity contribution >= 4 is 41.5 Å². The van der Waals surface area contributed by atoms with Crippen LogP contribution < -0.4 is 61.4 Å². The van der Waals surface area contributed by atoms with Gasteiger partial charge in [0.1, 0.15) is 24.2 Å². The molecule has 0 bridgehead atoms. The third-order valence-electron chi connectivity index (χ3n) is 7.64. The summed E-state index contributed by atoms with van der Waals surface area (Å²) in [7, 11) is 0. The molecule has 0 fully saturated rings. The number of aromatic amines is 1. The molecule has 0 spiro atoms. The Labute approximate surface area is 297 Å². The molecule has 1 aromatic rings. The monoisotopic (exact) mass is 723 g/mol. The largest absolute Gasteiger partial charge is 0.480 e. The highest BCUT2D eigenvalue weighted by Crippen LogP contribution is 2.09. The van der Waals surface area contributed by atoms with Gasteiger partial charge in [-0.25, -0.2) is 9.78 Å². The number of guanidine groups is 2. The van der Waals surface area contributed by atoms with E-state index < -0.39 is 59.8 Å². The van der Waals surface area contributed by atoms with Crippen molar-refractivity contribution in [3.8, 4) is 0 Å². The van der Waals surface area contributed by atoms with Gasteiger partial charge in [-0.2, -0.15) is 0 Å². The zero-order chi connectivity index (χ0) is 38.2. The maximum absolute atomic E-state index is 13.8. The first-order valence-electron chi connectivity index (χ1n) is 17.0. The number of carbonyl (C=O) groups excluding carboxylic acids is 4. The van der Waals surface area contributed by atoms with Gasteiger partial charge in [0.2, 0.25) is 23.6 Å². The van der Waals surface area contributed by atoms with Crippen molar-refractivity contribution in [2.24, 2.45) is 50.1 Å². The number of aliphatic carboxylic acids is 1. The van der Waals surface area contributed by atoms with Crippen molar-refractivity contribution in [3.63, 3.8) is 0 Å². The van der Waals surface area contributed by atoms with Gasteiger partial charge in [-0.15, -0.1) is 0 Å². The number of nitrogens with one attached hydrogen (secondary N) is 5. The second-order valence-electron chi connectivity index (χ2n) is 11.9. The molecule has 21 heteroatoms. The van der Waals surface area contributed by atoms with E-state index in [9.17, 15) is 29.1 Å². The summed E-state index contributed by atoms with van der Waals surface area (Å²) < 4.78 is 0. The number of unbranched alkanes of at least 4 members (excludes halogenated alkanes) is 2. The summed E-state index contributed by atoms with van der Waals surface area (Å²) in [5, 5.41) is 20.2. The van der Waals surface area contributed by atoms with Gasteiger partial charge in [0.05, 0.1) is 12.4 Å². The summed E-state index contributed by atoms with van der Waals surface area (Å²) in [5.74, 6) is -4.21. The highest BCUT2D eigenvalue weighted by molar-refractivity contribution is 5.95. The number of nitrogens with two attached hydrogens (primary N) is 7. The third-order valence-corrected chi connectivity index (χ3v) is 7.64. The number of amides is 4. The van der Waals surface area contributed by atoms with Gasteiger partial charge in [-0.05, 0) is 77.3 Å². The number of carboxylic acids is 1. The lowest BCUT2D eigenvalue weighted by Crippen LogP contribution is -2.59. The van der Waals surface area contributed by atoms with E-state index in [4.69, 9.17) is 40.1 Å². The minimum atomic E-state index is -1.28. The molecule has 51 heavy (non-hydrogen) atoms. The molecule has 0 aliphatic heterocycles. The average molecular weight is 724 g/mol. The van der Waals surface area contributed by atoms with Crippen LogP contribution in [0.1, 0.15) is 69.9 Å². The van der Waals surface area contributed by atoms with Crippen LogP contribution in [0.3, 0.4) is 0 Å². The first-order chi connectivity index (χ1) is 24.3. The first-order valence-corrected chi connectivity index (χ1v) is 17.0. The fourth-order valence-corrected chi connectivity index (χ4v) is 4.86. The second kappa shape index (κ2) is 25.0. The molecule has 0 saturated heterocycles. The zero-order valence-electron chi connectivity index (χ0n) is 29.0. The zero-order valence-corrected chi connectivity index (χ0v) is 29.0. The van der Waals surface area contributed by atoms with Crippen LogP contribution in [-0.4, -0.2) is 113 Å². The van der Waals surface area contributed by atoms with Crippen LogP contribution in [0.5, 0.6) is 0 Å². The van der Waals surface area contributed by atoms with Crippen LogP contribution in [0, 0.1) is 0 Å². The standard InChI is InChI=1S/C30H57N15O6/c31-11-3-1-8-20(42-24(46)19(33)7-5-13-39-29(34)35)26(48)45-23(15-18-16-38-17-41-18)27(49)43-21(9-2-4-12-32)25(47)44-22(28(50)51)10-6-14-40-30(36)37/h16-17,19-23H,1-15,31-33H2,(H,38,41)(H,42,46)(H,43,49)(H,44,47)(H,45,48)(H,50,51)(H4,34,35,39)(H4,36,37,40)/t19-,20-,21-,22-,23-/m0/s1. The molecule has 20 N–H and O–H groups in total. The Morgan fingerprint density at radius 2 is 1.12 bits per heavy atom. The summed E-state index contributed by atoms with van der Waals surface area (Å²) in [4.78, 5) is 80.2. The van der Waals surface area contributed by atoms with Gasteiger partial charge in [0.25, 0.3) is 0 Å². The molecule has 1 aromatic heterocycles. The van der Waals surface area contributed by atoms with Gasteiger partial charge in [0.15, 0.2) is 11.9 Å². The van der Waals surface area contributed by atoms with Crippen molar-refractivity contribution in [3.05, 3.63) is 18.2 Å². The Bertz CT molecular complexity index is 1270. The lowest BCUT2D eigenvalue weighted by Gasteiger charge is -2.26. The summed E-state index contributed by atoms with van der Waals surface area (Å²) in [6.07, 6.45) is 6.18. The third kappa shape index (κ3) is 19.1. The van der Waals surface area contributed by atoms with Crippen LogP contribution in [0.15, 0.2) is 22.5 Å². The molecule has 0 saturated carbocycles. The number of hydrogen-bond acceptors (Lipinski definition) is 11. The Morgan fingerprint density at radius 3 is 1.59 bits per heavy atom. The van der Waals surface area contributed by atoms with Gasteiger partial charge in [-0.3, -0.25) is 29.2 Å². The molecule has 288 valence electrons. The van der Waals surface area contributed by atoms with Gasteiger partial charge in [-0.1, -0.05) is 0 Å². The smallest absolute Gasteiger partial charge is 0.326 e. The van der Waals surface area contributed by atoms with E-state index in [1.54, 1.807) is 0 Å². The Morgan fingerprint density at radius 1 is 0.667 bits per heavy atom. The molecule has 0 aliphatic rings. The number of carbonyl (C=O) groups is 5. The lowest BCUT2D eigenvalue weighted by molar-refractivity contribution is -0.142. The number of H-pyrrole nitrogens is 1. The van der Waals surface area contributed by atoms with Gasteiger partial charge in [0, 0.05) is 31.4 Å². The molecular weight excluding hydrogens is 666 g/mol. The number of aromatic nitrogens is 2. The van der Waals surface area contributed by atoms with Crippen molar-refractivity contribution in [2.45, 2.75) is 101 Å². The second-order valence-corrected chi connectivity index (χ2v) is 11.9. The van der Waals surface area contributed by atoms with Gasteiger partial charge >= 0.3 is 5.97 Å². The number of imidazole rings is 1. The fraction of sp³-hybridized carbons (Fsp3) is 0.667. The normalized spacial score (nSPS) is 13.8. The number of nitrogens with zero attached hydrogens (tertiary/aromatic N) is 3. The Balaban J connectivity index is 3.18. The summed E-state index contributed by atoms with van der Waals surface area (Å²) in [6.45, 7) is 1.13. The Kier molecular flexibility index (Phi) is 21.6. The molecule has 4 amide bonds. The van der Waals surface area contributed by atoms with E-state index in [0.717, 1.165) is 0 Å².